The number of ether oxygens (including phenoxy) is 1. The van der Waals surface area contributed by atoms with Crippen LogP contribution in [0, 0.1) is 0 Å². The van der Waals surface area contributed by atoms with E-state index < -0.39 is 10.8 Å². The maximum absolute atomic E-state index is 12.3. The summed E-state index contributed by atoms with van der Waals surface area (Å²) < 4.78 is 17.8. The van der Waals surface area contributed by atoms with Crippen LogP contribution in [0.1, 0.15) is 30.9 Å². The Morgan fingerprint density at radius 3 is 2.89 bits per heavy atom. The van der Waals surface area contributed by atoms with Crippen LogP contribution < -0.4 is 5.73 Å². The second-order valence-corrected chi connectivity index (χ2v) is 6.51. The van der Waals surface area contributed by atoms with Crippen LogP contribution in [0.25, 0.3) is 0 Å². The molecule has 106 valence electrons. The van der Waals surface area contributed by atoms with Crippen LogP contribution in [0.5, 0.6) is 0 Å². The summed E-state index contributed by atoms with van der Waals surface area (Å²) in [4.78, 5) is 0.952. The van der Waals surface area contributed by atoms with Gasteiger partial charge in [-0.25, -0.2) is 0 Å². The topological polar surface area (TPSA) is 52.3 Å². The van der Waals surface area contributed by atoms with E-state index in [0.29, 0.717) is 18.9 Å². The third-order valence-corrected chi connectivity index (χ3v) is 5.01. The van der Waals surface area contributed by atoms with Crippen LogP contribution >= 0.6 is 0 Å². The van der Waals surface area contributed by atoms with Gasteiger partial charge in [0.1, 0.15) is 0 Å². The van der Waals surface area contributed by atoms with Gasteiger partial charge in [-0.15, -0.1) is 0 Å². The van der Waals surface area contributed by atoms with Gasteiger partial charge >= 0.3 is 0 Å². The SMILES string of the molecule is CCOC(CN)CCS(=O)c1ccc2c(c1)CCC2. The molecule has 0 aliphatic heterocycles. The van der Waals surface area contributed by atoms with Gasteiger partial charge in [0.25, 0.3) is 0 Å². The Labute approximate surface area is 118 Å². The largest absolute Gasteiger partial charge is 0.377 e. The number of rotatable bonds is 7. The molecule has 0 saturated carbocycles. The molecule has 1 aromatic rings. The van der Waals surface area contributed by atoms with E-state index in [1.54, 1.807) is 0 Å². The van der Waals surface area contributed by atoms with Gasteiger partial charge in [0.05, 0.1) is 16.9 Å². The molecule has 2 rings (SSSR count). The van der Waals surface area contributed by atoms with Crippen molar-refractivity contribution in [1.29, 1.82) is 0 Å². The van der Waals surface area contributed by atoms with Crippen molar-refractivity contribution in [3.05, 3.63) is 29.3 Å². The van der Waals surface area contributed by atoms with Crippen molar-refractivity contribution in [1.82, 2.24) is 0 Å². The van der Waals surface area contributed by atoms with Gasteiger partial charge in [-0.05, 0) is 55.9 Å². The van der Waals surface area contributed by atoms with Gasteiger partial charge < -0.3 is 10.5 Å². The van der Waals surface area contributed by atoms with Crippen LogP contribution in [0.15, 0.2) is 23.1 Å². The highest BCUT2D eigenvalue weighted by atomic mass is 32.2. The smallest absolute Gasteiger partial charge is 0.0706 e. The summed E-state index contributed by atoms with van der Waals surface area (Å²) in [5.41, 5.74) is 8.44. The first kappa shape index (κ1) is 14.7. The number of hydrogen-bond donors (Lipinski definition) is 1. The summed E-state index contributed by atoms with van der Waals surface area (Å²) in [6, 6.07) is 6.27. The predicted octanol–water partition coefficient (Wildman–Crippen LogP) is 2.04. The first-order valence-electron chi connectivity index (χ1n) is 7.06. The molecule has 2 atom stereocenters. The van der Waals surface area contributed by atoms with Gasteiger partial charge in [0, 0.05) is 23.8 Å². The highest BCUT2D eigenvalue weighted by Crippen LogP contribution is 2.24. The lowest BCUT2D eigenvalue weighted by atomic mass is 10.1. The molecule has 0 amide bonds. The molecule has 0 heterocycles. The van der Waals surface area contributed by atoms with Gasteiger partial charge in [0.2, 0.25) is 0 Å². The minimum absolute atomic E-state index is 0.0309. The van der Waals surface area contributed by atoms with E-state index in [2.05, 4.69) is 12.1 Å². The molecule has 4 heteroatoms. The number of aryl methyl sites for hydroxylation is 2. The third kappa shape index (κ3) is 3.88. The fraction of sp³-hybridized carbons (Fsp3) is 0.600. The Hall–Kier alpha value is -0.710. The van der Waals surface area contributed by atoms with Gasteiger partial charge in [-0.2, -0.15) is 0 Å². The van der Waals surface area contributed by atoms with Crippen LogP contribution in [0.2, 0.25) is 0 Å². The maximum Gasteiger partial charge on any atom is 0.0706 e. The first-order valence-corrected chi connectivity index (χ1v) is 8.38. The summed E-state index contributed by atoms with van der Waals surface area (Å²) in [6.07, 6.45) is 4.31. The Morgan fingerprint density at radius 2 is 2.16 bits per heavy atom. The zero-order chi connectivity index (χ0) is 13.7. The highest BCUT2D eigenvalue weighted by molar-refractivity contribution is 7.85. The number of benzene rings is 1. The molecule has 1 aromatic carbocycles. The van der Waals surface area contributed by atoms with E-state index in [1.165, 1.54) is 24.0 Å². The van der Waals surface area contributed by atoms with Crippen molar-refractivity contribution in [3.63, 3.8) is 0 Å². The van der Waals surface area contributed by atoms with E-state index >= 15 is 0 Å². The molecular weight excluding hydrogens is 258 g/mol. The number of nitrogens with two attached hydrogens (primary N) is 1. The van der Waals surface area contributed by atoms with Crippen molar-refractivity contribution in [2.45, 2.75) is 43.6 Å². The lowest BCUT2D eigenvalue weighted by Gasteiger charge is -2.14. The average Bonchev–Trinajstić information content (AvgIpc) is 2.90. The zero-order valence-corrected chi connectivity index (χ0v) is 12.4. The Balaban J connectivity index is 1.92. The van der Waals surface area contributed by atoms with E-state index in [9.17, 15) is 4.21 Å². The molecular formula is C15H23NO2S. The maximum atomic E-state index is 12.3. The van der Waals surface area contributed by atoms with Gasteiger partial charge in [-0.3, -0.25) is 4.21 Å². The van der Waals surface area contributed by atoms with E-state index in [-0.39, 0.29) is 6.10 Å². The summed E-state index contributed by atoms with van der Waals surface area (Å²) in [6.45, 7) is 3.11. The van der Waals surface area contributed by atoms with Crippen LogP contribution in [-0.2, 0) is 28.4 Å². The molecule has 0 spiro atoms. The molecule has 0 bridgehead atoms. The summed E-state index contributed by atoms with van der Waals surface area (Å²) in [5, 5.41) is 0. The Kier molecular flexibility index (Phi) is 5.55. The lowest BCUT2D eigenvalue weighted by Crippen LogP contribution is -2.25. The zero-order valence-electron chi connectivity index (χ0n) is 11.6. The average molecular weight is 281 g/mol. The van der Waals surface area contributed by atoms with Gasteiger partial charge in [-0.1, -0.05) is 6.07 Å². The number of fused-ring (bicyclic) bond motifs is 1. The van der Waals surface area contributed by atoms with Crippen molar-refractivity contribution < 1.29 is 8.95 Å². The molecule has 2 unspecified atom stereocenters. The molecule has 19 heavy (non-hydrogen) atoms. The van der Waals surface area contributed by atoms with Crippen molar-refractivity contribution >= 4 is 10.8 Å². The monoisotopic (exact) mass is 281 g/mol. The quantitative estimate of drug-likeness (QED) is 0.832. The molecule has 0 saturated heterocycles. The Bertz CT molecular complexity index is 448. The summed E-state index contributed by atoms with van der Waals surface area (Å²) in [5.74, 6) is 0.626. The van der Waals surface area contributed by atoms with Crippen LogP contribution in [0.4, 0.5) is 0 Å². The van der Waals surface area contributed by atoms with Crippen LogP contribution in [-0.4, -0.2) is 29.2 Å². The second kappa shape index (κ2) is 7.17. The second-order valence-electron chi connectivity index (χ2n) is 4.94. The normalized spacial score (nSPS) is 17.2. The standard InChI is InChI=1S/C15H23NO2S/c1-2-18-14(11-16)8-9-19(17)15-7-6-12-4-3-5-13(12)10-15/h6-7,10,14H,2-5,8-9,11,16H2,1H3. The molecule has 2 N–H and O–H groups in total. The van der Waals surface area contributed by atoms with Gasteiger partial charge in [0.15, 0.2) is 0 Å². The molecule has 1 aliphatic carbocycles. The van der Waals surface area contributed by atoms with E-state index in [0.717, 1.165) is 17.7 Å². The minimum Gasteiger partial charge on any atom is -0.377 e. The van der Waals surface area contributed by atoms with Crippen LogP contribution in [0.3, 0.4) is 0 Å². The highest BCUT2D eigenvalue weighted by Gasteiger charge is 2.14. The first-order chi connectivity index (χ1) is 9.24. The third-order valence-electron chi connectivity index (χ3n) is 3.62. The molecule has 0 radical (unpaired) electrons. The predicted molar refractivity (Wildman–Crippen MR) is 78.8 cm³/mol. The summed E-state index contributed by atoms with van der Waals surface area (Å²) >= 11 is 0. The number of hydrogen-bond acceptors (Lipinski definition) is 3. The fourth-order valence-corrected chi connectivity index (χ4v) is 3.76. The van der Waals surface area contributed by atoms with Crippen molar-refractivity contribution in [3.8, 4) is 0 Å². The Morgan fingerprint density at radius 1 is 1.37 bits per heavy atom. The van der Waals surface area contributed by atoms with E-state index in [4.69, 9.17) is 10.5 Å². The van der Waals surface area contributed by atoms with Crippen molar-refractivity contribution in [2.75, 3.05) is 18.9 Å². The van der Waals surface area contributed by atoms with Crippen molar-refractivity contribution in [2.24, 2.45) is 5.73 Å². The molecule has 3 nitrogen and oxygen atoms in total. The van der Waals surface area contributed by atoms with E-state index in [1.807, 2.05) is 13.0 Å². The minimum atomic E-state index is -0.937. The molecule has 0 aromatic heterocycles. The fourth-order valence-electron chi connectivity index (χ4n) is 2.55. The lowest BCUT2D eigenvalue weighted by molar-refractivity contribution is 0.0672. The molecule has 0 fully saturated rings. The summed E-state index contributed by atoms with van der Waals surface area (Å²) in [7, 11) is -0.937. The molecule has 1 aliphatic rings.